The third-order valence-corrected chi connectivity index (χ3v) is 4.17. The van der Waals surface area contributed by atoms with Crippen molar-refractivity contribution >= 4 is 11.9 Å². The van der Waals surface area contributed by atoms with Gasteiger partial charge in [-0.25, -0.2) is 9.48 Å². The SMILES string of the molecule is O=C(O)[C@H]1CCCCN1C(=O)Cc1ccc(-n2cccn2)cc1. The Hall–Kier alpha value is -2.63. The molecule has 2 heterocycles. The molecule has 120 valence electrons. The number of rotatable bonds is 4. The van der Waals surface area contributed by atoms with Crippen LogP contribution in [0.15, 0.2) is 42.7 Å². The summed E-state index contributed by atoms with van der Waals surface area (Å²) >= 11 is 0. The molecule has 0 aliphatic carbocycles. The zero-order chi connectivity index (χ0) is 16.2. The van der Waals surface area contributed by atoms with Crippen LogP contribution in [0.2, 0.25) is 0 Å². The lowest BCUT2D eigenvalue weighted by molar-refractivity contribution is -0.151. The zero-order valence-electron chi connectivity index (χ0n) is 12.8. The molecular formula is C17H19N3O3. The summed E-state index contributed by atoms with van der Waals surface area (Å²) in [5, 5.41) is 13.4. The van der Waals surface area contributed by atoms with Crippen LogP contribution in [0.1, 0.15) is 24.8 Å². The van der Waals surface area contributed by atoms with Gasteiger partial charge in [-0.3, -0.25) is 4.79 Å². The van der Waals surface area contributed by atoms with Crippen LogP contribution in [0.5, 0.6) is 0 Å². The predicted molar refractivity (Wildman–Crippen MR) is 84.3 cm³/mol. The highest BCUT2D eigenvalue weighted by molar-refractivity contribution is 5.85. The predicted octanol–water partition coefficient (Wildman–Crippen LogP) is 1.88. The maximum atomic E-state index is 12.4. The number of nitrogens with zero attached hydrogens (tertiary/aromatic N) is 3. The number of aromatic nitrogens is 2. The molecule has 1 fully saturated rings. The van der Waals surface area contributed by atoms with Gasteiger partial charge in [0.2, 0.25) is 5.91 Å². The van der Waals surface area contributed by atoms with Crippen molar-refractivity contribution in [2.45, 2.75) is 31.7 Å². The monoisotopic (exact) mass is 313 g/mol. The minimum atomic E-state index is -0.910. The number of hydrogen-bond donors (Lipinski definition) is 1. The third kappa shape index (κ3) is 3.41. The van der Waals surface area contributed by atoms with Crippen molar-refractivity contribution in [3.8, 4) is 5.69 Å². The summed E-state index contributed by atoms with van der Waals surface area (Å²) in [7, 11) is 0. The molecule has 0 unspecified atom stereocenters. The van der Waals surface area contributed by atoms with Crippen molar-refractivity contribution in [2.24, 2.45) is 0 Å². The first-order valence-electron chi connectivity index (χ1n) is 7.76. The molecule has 23 heavy (non-hydrogen) atoms. The number of carbonyl (C=O) groups excluding carboxylic acids is 1. The third-order valence-electron chi connectivity index (χ3n) is 4.17. The van der Waals surface area contributed by atoms with Crippen LogP contribution in [-0.2, 0) is 16.0 Å². The van der Waals surface area contributed by atoms with E-state index in [9.17, 15) is 14.7 Å². The number of carboxylic acids is 1. The van der Waals surface area contributed by atoms with Gasteiger partial charge in [0.1, 0.15) is 6.04 Å². The summed E-state index contributed by atoms with van der Waals surface area (Å²) in [5.41, 5.74) is 1.80. The number of amides is 1. The molecule has 0 spiro atoms. The first-order chi connectivity index (χ1) is 11.1. The average molecular weight is 313 g/mol. The molecule has 6 nitrogen and oxygen atoms in total. The van der Waals surface area contributed by atoms with E-state index < -0.39 is 12.0 Å². The van der Waals surface area contributed by atoms with E-state index in [2.05, 4.69) is 5.10 Å². The largest absolute Gasteiger partial charge is 0.480 e. The van der Waals surface area contributed by atoms with Crippen molar-refractivity contribution in [1.29, 1.82) is 0 Å². The van der Waals surface area contributed by atoms with E-state index in [0.29, 0.717) is 13.0 Å². The summed E-state index contributed by atoms with van der Waals surface area (Å²) in [5.74, 6) is -1.03. The topological polar surface area (TPSA) is 75.4 Å². The highest BCUT2D eigenvalue weighted by atomic mass is 16.4. The molecule has 0 bridgehead atoms. The summed E-state index contributed by atoms with van der Waals surface area (Å²) < 4.78 is 1.75. The van der Waals surface area contributed by atoms with Gasteiger partial charge in [-0.05, 0) is 43.0 Å². The van der Waals surface area contributed by atoms with Crippen LogP contribution in [0, 0.1) is 0 Å². The van der Waals surface area contributed by atoms with Gasteiger partial charge in [0.05, 0.1) is 12.1 Å². The molecule has 1 aliphatic rings. The van der Waals surface area contributed by atoms with Crippen LogP contribution in [0.3, 0.4) is 0 Å². The van der Waals surface area contributed by atoms with Gasteiger partial charge in [0.15, 0.2) is 0 Å². The van der Waals surface area contributed by atoms with E-state index in [0.717, 1.165) is 24.1 Å². The molecule has 6 heteroatoms. The molecule has 1 aromatic carbocycles. The lowest BCUT2D eigenvalue weighted by atomic mass is 10.0. The maximum Gasteiger partial charge on any atom is 0.326 e. The quantitative estimate of drug-likeness (QED) is 0.935. The van der Waals surface area contributed by atoms with Gasteiger partial charge in [-0.1, -0.05) is 12.1 Å². The molecule has 0 saturated carbocycles. The van der Waals surface area contributed by atoms with Crippen molar-refractivity contribution in [1.82, 2.24) is 14.7 Å². The Morgan fingerprint density at radius 1 is 1.22 bits per heavy atom. The number of piperidine rings is 1. The van der Waals surface area contributed by atoms with Crippen molar-refractivity contribution in [3.05, 3.63) is 48.3 Å². The Labute approximate surface area is 134 Å². The normalized spacial score (nSPS) is 17.9. The Balaban J connectivity index is 1.68. The van der Waals surface area contributed by atoms with Gasteiger partial charge in [0, 0.05) is 18.9 Å². The number of hydrogen-bond acceptors (Lipinski definition) is 3. The Morgan fingerprint density at radius 2 is 2.00 bits per heavy atom. The van der Waals surface area contributed by atoms with Gasteiger partial charge >= 0.3 is 5.97 Å². The molecule has 0 radical (unpaired) electrons. The minimum Gasteiger partial charge on any atom is -0.480 e. The lowest BCUT2D eigenvalue weighted by Gasteiger charge is -2.33. The van der Waals surface area contributed by atoms with Crippen molar-refractivity contribution in [2.75, 3.05) is 6.54 Å². The molecule has 1 atom stereocenters. The van der Waals surface area contributed by atoms with Crippen LogP contribution in [0.25, 0.3) is 5.69 Å². The molecule has 1 saturated heterocycles. The molecule has 2 aromatic rings. The van der Waals surface area contributed by atoms with Crippen LogP contribution >= 0.6 is 0 Å². The van der Waals surface area contributed by atoms with Gasteiger partial charge in [-0.15, -0.1) is 0 Å². The number of likely N-dealkylation sites (tertiary alicyclic amines) is 1. The molecule has 1 N–H and O–H groups in total. The fourth-order valence-electron chi connectivity index (χ4n) is 2.95. The summed E-state index contributed by atoms with van der Waals surface area (Å²) in [4.78, 5) is 25.2. The van der Waals surface area contributed by atoms with Crippen molar-refractivity contribution < 1.29 is 14.7 Å². The highest BCUT2D eigenvalue weighted by Gasteiger charge is 2.31. The molecule has 3 rings (SSSR count). The van der Waals surface area contributed by atoms with E-state index in [1.165, 1.54) is 4.90 Å². The molecule has 1 aliphatic heterocycles. The molecular weight excluding hydrogens is 294 g/mol. The number of aliphatic carboxylic acids is 1. The van der Waals surface area contributed by atoms with Gasteiger partial charge < -0.3 is 10.0 Å². The van der Waals surface area contributed by atoms with E-state index >= 15 is 0 Å². The van der Waals surface area contributed by atoms with Crippen LogP contribution < -0.4 is 0 Å². The van der Waals surface area contributed by atoms with Gasteiger partial charge in [-0.2, -0.15) is 5.10 Å². The number of carboxylic acid groups (broad SMARTS) is 1. The fraction of sp³-hybridized carbons (Fsp3) is 0.353. The first-order valence-corrected chi connectivity index (χ1v) is 7.76. The number of carbonyl (C=O) groups is 2. The fourth-order valence-corrected chi connectivity index (χ4v) is 2.95. The van der Waals surface area contributed by atoms with E-state index in [4.69, 9.17) is 0 Å². The maximum absolute atomic E-state index is 12.4. The first kappa shape index (κ1) is 15.3. The summed E-state index contributed by atoms with van der Waals surface area (Å²) in [6, 6.07) is 8.74. The zero-order valence-corrected chi connectivity index (χ0v) is 12.8. The second kappa shape index (κ2) is 6.64. The van der Waals surface area contributed by atoms with E-state index in [1.54, 1.807) is 10.9 Å². The molecule has 1 aromatic heterocycles. The summed E-state index contributed by atoms with van der Waals surface area (Å²) in [6.07, 6.45) is 6.06. The Kier molecular flexibility index (Phi) is 4.41. The number of benzene rings is 1. The summed E-state index contributed by atoms with van der Waals surface area (Å²) in [6.45, 7) is 0.529. The van der Waals surface area contributed by atoms with Gasteiger partial charge in [0.25, 0.3) is 0 Å². The Bertz CT molecular complexity index is 680. The second-order valence-corrected chi connectivity index (χ2v) is 5.73. The van der Waals surface area contributed by atoms with Crippen molar-refractivity contribution in [3.63, 3.8) is 0 Å². The van der Waals surface area contributed by atoms with Crippen LogP contribution in [0.4, 0.5) is 0 Å². The highest BCUT2D eigenvalue weighted by Crippen LogP contribution is 2.19. The van der Waals surface area contributed by atoms with Crippen LogP contribution in [-0.4, -0.2) is 44.3 Å². The second-order valence-electron chi connectivity index (χ2n) is 5.73. The van der Waals surface area contributed by atoms with E-state index in [-0.39, 0.29) is 12.3 Å². The standard InChI is InChI=1S/C17H19N3O3/c21-16(19-10-2-1-4-15(19)17(22)23)12-13-5-7-14(8-6-13)20-11-3-9-18-20/h3,5-9,11,15H,1-2,4,10,12H2,(H,22,23)/t15-/m1/s1. The molecule has 1 amide bonds. The Morgan fingerprint density at radius 3 is 2.65 bits per heavy atom. The minimum absolute atomic E-state index is 0.121. The smallest absolute Gasteiger partial charge is 0.326 e. The lowest BCUT2D eigenvalue weighted by Crippen LogP contribution is -2.48. The van der Waals surface area contributed by atoms with E-state index in [1.807, 2.05) is 36.5 Å². The average Bonchev–Trinajstić information content (AvgIpc) is 3.10.